The molecule has 1 unspecified atom stereocenters. The number of amides is 2. The van der Waals surface area contributed by atoms with Crippen LogP contribution < -0.4 is 10.2 Å². The van der Waals surface area contributed by atoms with E-state index in [2.05, 4.69) is 15.5 Å². The van der Waals surface area contributed by atoms with E-state index < -0.39 is 6.04 Å². The van der Waals surface area contributed by atoms with Crippen molar-refractivity contribution >= 4 is 51.6 Å². The van der Waals surface area contributed by atoms with Crippen LogP contribution in [-0.4, -0.2) is 33.9 Å². The van der Waals surface area contributed by atoms with E-state index in [1.54, 1.807) is 30.5 Å². The minimum Gasteiger partial charge on any atom is -0.351 e. The summed E-state index contributed by atoms with van der Waals surface area (Å²) in [5, 5.41) is 11.3. The number of anilines is 1. The first-order valence-electron chi connectivity index (χ1n) is 10.4. The average molecular weight is 459 g/mol. The van der Waals surface area contributed by atoms with E-state index in [0.717, 1.165) is 36.6 Å². The van der Waals surface area contributed by atoms with Gasteiger partial charge in [0, 0.05) is 22.0 Å². The molecule has 0 bridgehead atoms. The van der Waals surface area contributed by atoms with E-state index >= 15 is 0 Å². The molecule has 0 spiro atoms. The number of alkyl halides is 1. The highest BCUT2D eigenvalue weighted by Gasteiger charge is 2.35. The van der Waals surface area contributed by atoms with Crippen LogP contribution in [0.3, 0.4) is 0 Å². The van der Waals surface area contributed by atoms with Gasteiger partial charge in [0.05, 0.1) is 17.4 Å². The number of hydrogen-bond acceptors (Lipinski definition) is 3. The number of halogens is 2. The molecule has 1 aliphatic carbocycles. The second-order valence-electron chi connectivity index (χ2n) is 7.77. The van der Waals surface area contributed by atoms with E-state index in [0.29, 0.717) is 16.3 Å². The van der Waals surface area contributed by atoms with Crippen molar-refractivity contribution in [1.82, 2.24) is 15.5 Å². The Labute approximate surface area is 190 Å². The van der Waals surface area contributed by atoms with E-state index in [4.69, 9.17) is 23.2 Å². The number of fused-ring (bicyclic) bond motifs is 1. The first kappa shape index (κ1) is 21.7. The number of carbonyl (C=O) groups is 2. The SMILES string of the molecule is O=C(NC1CCCCC1)C(c1ccccc1Cl)N(C(=O)CCl)c1cccc2[nH]ncc12. The monoisotopic (exact) mass is 458 g/mol. The van der Waals surface area contributed by atoms with E-state index in [-0.39, 0.29) is 23.7 Å². The van der Waals surface area contributed by atoms with Gasteiger partial charge < -0.3 is 5.32 Å². The van der Waals surface area contributed by atoms with Crippen molar-refractivity contribution < 1.29 is 9.59 Å². The highest BCUT2D eigenvalue weighted by atomic mass is 35.5. The van der Waals surface area contributed by atoms with Crippen molar-refractivity contribution in [1.29, 1.82) is 0 Å². The van der Waals surface area contributed by atoms with E-state index in [1.807, 2.05) is 18.2 Å². The molecule has 4 rings (SSSR count). The maximum absolute atomic E-state index is 13.6. The third kappa shape index (κ3) is 4.55. The first-order valence-corrected chi connectivity index (χ1v) is 11.4. The van der Waals surface area contributed by atoms with Gasteiger partial charge in [0.2, 0.25) is 11.8 Å². The summed E-state index contributed by atoms with van der Waals surface area (Å²) in [5.41, 5.74) is 1.87. The molecule has 2 amide bonds. The molecule has 2 N–H and O–H groups in total. The van der Waals surface area contributed by atoms with Gasteiger partial charge in [-0.3, -0.25) is 19.6 Å². The Morgan fingerprint density at radius 3 is 2.65 bits per heavy atom. The molecule has 1 heterocycles. The van der Waals surface area contributed by atoms with E-state index in [9.17, 15) is 9.59 Å². The van der Waals surface area contributed by atoms with Crippen LogP contribution in [0, 0.1) is 0 Å². The summed E-state index contributed by atoms with van der Waals surface area (Å²) >= 11 is 12.5. The van der Waals surface area contributed by atoms with Crippen LogP contribution in [-0.2, 0) is 9.59 Å². The molecule has 6 nitrogen and oxygen atoms in total. The molecule has 2 aromatic carbocycles. The number of hydrogen-bond donors (Lipinski definition) is 2. The summed E-state index contributed by atoms with van der Waals surface area (Å²) in [4.78, 5) is 28.2. The van der Waals surface area contributed by atoms with Crippen LogP contribution in [0.1, 0.15) is 43.7 Å². The average Bonchev–Trinajstić information content (AvgIpc) is 3.27. The van der Waals surface area contributed by atoms with Gasteiger partial charge in [-0.1, -0.05) is 55.1 Å². The zero-order chi connectivity index (χ0) is 21.8. The lowest BCUT2D eigenvalue weighted by Gasteiger charge is -2.33. The van der Waals surface area contributed by atoms with Crippen molar-refractivity contribution in [2.24, 2.45) is 0 Å². The summed E-state index contributed by atoms with van der Waals surface area (Å²) in [6.45, 7) is 0. The van der Waals surface area contributed by atoms with Crippen LogP contribution >= 0.6 is 23.2 Å². The van der Waals surface area contributed by atoms with Gasteiger partial charge in [-0.05, 0) is 31.0 Å². The predicted octanol–water partition coefficient (Wildman–Crippen LogP) is 4.98. The molecule has 162 valence electrons. The van der Waals surface area contributed by atoms with Gasteiger partial charge in [0.15, 0.2) is 0 Å². The maximum Gasteiger partial charge on any atom is 0.248 e. The summed E-state index contributed by atoms with van der Waals surface area (Å²) in [6.07, 6.45) is 6.85. The van der Waals surface area contributed by atoms with Gasteiger partial charge in [0.1, 0.15) is 11.9 Å². The number of aromatic nitrogens is 2. The molecule has 8 heteroatoms. The van der Waals surface area contributed by atoms with Crippen LogP contribution in [0.15, 0.2) is 48.7 Å². The third-order valence-corrected chi connectivity index (χ3v) is 6.34. The van der Waals surface area contributed by atoms with Gasteiger partial charge in [-0.2, -0.15) is 5.10 Å². The maximum atomic E-state index is 13.6. The zero-order valence-corrected chi connectivity index (χ0v) is 18.5. The fourth-order valence-corrected chi connectivity index (χ4v) is 4.63. The lowest BCUT2D eigenvalue weighted by Crippen LogP contribution is -2.47. The smallest absolute Gasteiger partial charge is 0.248 e. The molecular formula is C23H24Cl2N4O2. The Bertz CT molecular complexity index is 1080. The highest BCUT2D eigenvalue weighted by molar-refractivity contribution is 6.32. The standard InChI is InChI=1S/C23H24Cl2N4O2/c24-13-21(30)29(20-12-6-11-19-17(20)14-26-28-19)22(16-9-4-5-10-18(16)25)23(31)27-15-7-2-1-3-8-15/h4-6,9-12,14-15,22H,1-3,7-8,13H2,(H,26,28)(H,27,31). The minimum atomic E-state index is -0.956. The van der Waals surface area contributed by atoms with Crippen molar-refractivity contribution in [3.05, 3.63) is 59.2 Å². The summed E-state index contributed by atoms with van der Waals surface area (Å²) in [5.74, 6) is -0.927. The zero-order valence-electron chi connectivity index (χ0n) is 17.0. The molecule has 0 aliphatic heterocycles. The number of H-pyrrole nitrogens is 1. The fourth-order valence-electron chi connectivity index (χ4n) is 4.27. The van der Waals surface area contributed by atoms with Crippen molar-refractivity contribution in [2.45, 2.75) is 44.2 Å². The van der Waals surface area contributed by atoms with Gasteiger partial charge >= 0.3 is 0 Å². The number of nitrogens with zero attached hydrogens (tertiary/aromatic N) is 2. The Morgan fingerprint density at radius 1 is 1.13 bits per heavy atom. The quantitative estimate of drug-likeness (QED) is 0.511. The minimum absolute atomic E-state index is 0.0870. The number of nitrogens with one attached hydrogen (secondary N) is 2. The Balaban J connectivity index is 1.82. The Kier molecular flexibility index (Phi) is 6.78. The Morgan fingerprint density at radius 2 is 1.90 bits per heavy atom. The molecular weight excluding hydrogens is 435 g/mol. The summed E-state index contributed by atoms with van der Waals surface area (Å²) in [7, 11) is 0. The van der Waals surface area contributed by atoms with E-state index in [1.165, 1.54) is 11.3 Å². The number of rotatable bonds is 6. The van der Waals surface area contributed by atoms with Crippen molar-refractivity contribution in [3.8, 4) is 0 Å². The second-order valence-corrected chi connectivity index (χ2v) is 8.45. The molecule has 3 aromatic rings. The summed E-state index contributed by atoms with van der Waals surface area (Å²) in [6, 6.07) is 11.7. The van der Waals surface area contributed by atoms with Crippen LogP contribution in [0.25, 0.3) is 10.9 Å². The molecule has 0 saturated heterocycles. The molecule has 1 fully saturated rings. The topological polar surface area (TPSA) is 78.1 Å². The molecule has 0 radical (unpaired) electrons. The largest absolute Gasteiger partial charge is 0.351 e. The van der Waals surface area contributed by atoms with Crippen molar-refractivity contribution in [2.75, 3.05) is 10.8 Å². The number of aromatic amines is 1. The fraction of sp³-hybridized carbons (Fsp3) is 0.348. The normalized spacial score (nSPS) is 15.5. The van der Waals surface area contributed by atoms with Crippen LogP contribution in [0.4, 0.5) is 5.69 Å². The molecule has 31 heavy (non-hydrogen) atoms. The lowest BCUT2D eigenvalue weighted by molar-refractivity contribution is -0.126. The molecule has 1 aromatic heterocycles. The second kappa shape index (κ2) is 9.71. The summed E-state index contributed by atoms with van der Waals surface area (Å²) < 4.78 is 0. The lowest BCUT2D eigenvalue weighted by atomic mass is 9.94. The van der Waals surface area contributed by atoms with Gasteiger partial charge in [0.25, 0.3) is 0 Å². The highest BCUT2D eigenvalue weighted by Crippen LogP contribution is 2.36. The number of carbonyl (C=O) groups excluding carboxylic acids is 2. The van der Waals surface area contributed by atoms with Gasteiger partial charge in [-0.15, -0.1) is 11.6 Å². The number of benzene rings is 2. The molecule has 1 aliphatic rings. The van der Waals surface area contributed by atoms with Gasteiger partial charge in [-0.25, -0.2) is 0 Å². The Hall–Kier alpha value is -2.57. The van der Waals surface area contributed by atoms with Crippen molar-refractivity contribution in [3.63, 3.8) is 0 Å². The molecule has 1 saturated carbocycles. The van der Waals surface area contributed by atoms with Crippen LogP contribution in [0.2, 0.25) is 5.02 Å². The van der Waals surface area contributed by atoms with Crippen LogP contribution in [0.5, 0.6) is 0 Å². The third-order valence-electron chi connectivity index (χ3n) is 5.76. The molecule has 1 atom stereocenters. The first-order chi connectivity index (χ1) is 15.1. The predicted molar refractivity (Wildman–Crippen MR) is 124 cm³/mol.